The highest BCUT2D eigenvalue weighted by Crippen LogP contribution is 2.23. The minimum absolute atomic E-state index is 0.0780. The Hall–Kier alpha value is -1.88. The Bertz CT molecular complexity index is 535. The van der Waals surface area contributed by atoms with Crippen molar-refractivity contribution in [3.05, 3.63) is 29.3 Å². The molecule has 2 rings (SSSR count). The van der Waals surface area contributed by atoms with Crippen LogP contribution in [0.3, 0.4) is 0 Å². The van der Waals surface area contributed by atoms with Crippen LogP contribution >= 0.6 is 0 Å². The van der Waals surface area contributed by atoms with Crippen molar-refractivity contribution in [3.8, 4) is 0 Å². The van der Waals surface area contributed by atoms with E-state index in [9.17, 15) is 9.59 Å². The summed E-state index contributed by atoms with van der Waals surface area (Å²) >= 11 is 0. The maximum atomic E-state index is 12.6. The molecule has 0 radical (unpaired) electrons. The third-order valence-corrected chi connectivity index (χ3v) is 3.82. The van der Waals surface area contributed by atoms with Crippen LogP contribution in [0.1, 0.15) is 30.4 Å². The predicted octanol–water partition coefficient (Wildman–Crippen LogP) is 2.29. The van der Waals surface area contributed by atoms with Crippen molar-refractivity contribution in [2.45, 2.75) is 39.2 Å². The number of nitrogens with zero attached hydrogens (tertiary/aromatic N) is 1. The van der Waals surface area contributed by atoms with Gasteiger partial charge in [-0.2, -0.15) is 0 Å². The third-order valence-electron chi connectivity index (χ3n) is 3.82. The van der Waals surface area contributed by atoms with E-state index in [-0.39, 0.29) is 18.9 Å². The number of benzene rings is 1. The number of carbonyl (C=O) groups excluding carboxylic acids is 1. The second kappa shape index (κ2) is 6.72. The van der Waals surface area contributed by atoms with Gasteiger partial charge in [0.05, 0.1) is 6.42 Å². The van der Waals surface area contributed by atoms with Gasteiger partial charge >= 0.3 is 5.97 Å². The van der Waals surface area contributed by atoms with Gasteiger partial charge in [-0.3, -0.25) is 9.59 Å². The summed E-state index contributed by atoms with van der Waals surface area (Å²) < 4.78 is 5.44. The van der Waals surface area contributed by atoms with Crippen molar-refractivity contribution in [1.29, 1.82) is 0 Å². The van der Waals surface area contributed by atoms with Crippen LogP contribution in [-0.2, 0) is 14.3 Å². The summed E-state index contributed by atoms with van der Waals surface area (Å²) in [4.78, 5) is 24.9. The number of ether oxygens (including phenoxy) is 1. The molecule has 1 aromatic carbocycles. The Kier molecular flexibility index (Phi) is 4.96. The number of aliphatic carboxylic acids is 1. The number of carboxylic acid groups (broad SMARTS) is 1. The lowest BCUT2D eigenvalue weighted by atomic mass is 10.1. The van der Waals surface area contributed by atoms with E-state index in [2.05, 4.69) is 0 Å². The van der Waals surface area contributed by atoms with Crippen LogP contribution < -0.4 is 4.90 Å². The van der Waals surface area contributed by atoms with Crippen LogP contribution in [0.25, 0.3) is 0 Å². The first-order valence-corrected chi connectivity index (χ1v) is 7.21. The van der Waals surface area contributed by atoms with E-state index in [1.54, 1.807) is 0 Å². The van der Waals surface area contributed by atoms with Crippen LogP contribution in [0.4, 0.5) is 5.69 Å². The predicted molar refractivity (Wildman–Crippen MR) is 79.5 cm³/mol. The quantitative estimate of drug-likeness (QED) is 0.904. The summed E-state index contributed by atoms with van der Waals surface area (Å²) in [6, 6.07) is 5.72. The lowest BCUT2D eigenvalue weighted by Gasteiger charge is -2.25. The summed E-state index contributed by atoms with van der Waals surface area (Å²) in [5.74, 6) is -1.05. The lowest BCUT2D eigenvalue weighted by Crippen LogP contribution is -2.40. The van der Waals surface area contributed by atoms with Crippen LogP contribution in [0.15, 0.2) is 18.2 Å². The summed E-state index contributed by atoms with van der Waals surface area (Å²) in [6.45, 7) is 4.74. The number of rotatable bonds is 5. The average molecular weight is 291 g/mol. The van der Waals surface area contributed by atoms with Gasteiger partial charge in [0.2, 0.25) is 0 Å². The van der Waals surface area contributed by atoms with Gasteiger partial charge in [0.1, 0.15) is 6.10 Å². The molecule has 1 fully saturated rings. The second-order valence-electron chi connectivity index (χ2n) is 5.40. The van der Waals surface area contributed by atoms with Gasteiger partial charge in [-0.1, -0.05) is 6.07 Å². The monoisotopic (exact) mass is 291 g/mol. The molecular weight excluding hydrogens is 270 g/mol. The summed E-state index contributed by atoms with van der Waals surface area (Å²) in [5, 5.41) is 8.89. The standard InChI is InChI=1S/C16H21NO4/c1-11-5-6-13(10-12(11)2)17(8-7-15(18)19)16(20)14-4-3-9-21-14/h5-6,10,14H,3-4,7-9H2,1-2H3,(H,18,19). The molecule has 1 saturated heterocycles. The van der Waals surface area contributed by atoms with Gasteiger partial charge in [-0.15, -0.1) is 0 Å². The summed E-state index contributed by atoms with van der Waals surface area (Å²) in [7, 11) is 0. The van der Waals surface area contributed by atoms with E-state index in [0.29, 0.717) is 13.0 Å². The van der Waals surface area contributed by atoms with Crippen molar-refractivity contribution in [1.82, 2.24) is 0 Å². The van der Waals surface area contributed by atoms with Crippen molar-refractivity contribution >= 4 is 17.6 Å². The van der Waals surface area contributed by atoms with Gasteiger partial charge in [-0.05, 0) is 49.9 Å². The largest absolute Gasteiger partial charge is 0.481 e. The van der Waals surface area contributed by atoms with E-state index in [1.165, 1.54) is 4.90 Å². The first kappa shape index (κ1) is 15.5. The van der Waals surface area contributed by atoms with Crippen LogP contribution in [0.2, 0.25) is 0 Å². The van der Waals surface area contributed by atoms with Gasteiger partial charge in [0.15, 0.2) is 0 Å². The molecule has 0 bridgehead atoms. The molecule has 1 N–H and O–H groups in total. The fourth-order valence-electron chi connectivity index (χ4n) is 2.41. The number of carbonyl (C=O) groups is 2. The lowest BCUT2D eigenvalue weighted by molar-refractivity contribution is -0.136. The fraction of sp³-hybridized carbons (Fsp3) is 0.500. The number of anilines is 1. The number of hydrogen-bond acceptors (Lipinski definition) is 3. The Labute approximate surface area is 124 Å². The minimum atomic E-state index is -0.913. The van der Waals surface area contributed by atoms with E-state index in [1.807, 2.05) is 32.0 Å². The van der Waals surface area contributed by atoms with Gasteiger partial charge < -0.3 is 14.7 Å². The normalized spacial score (nSPS) is 17.7. The van der Waals surface area contributed by atoms with Gasteiger partial charge in [0, 0.05) is 18.8 Å². The molecule has 1 aliphatic rings. The second-order valence-corrected chi connectivity index (χ2v) is 5.40. The Morgan fingerprint density at radius 1 is 1.33 bits per heavy atom. The first-order chi connectivity index (χ1) is 9.99. The molecule has 1 heterocycles. The Morgan fingerprint density at radius 2 is 2.10 bits per heavy atom. The highest BCUT2D eigenvalue weighted by atomic mass is 16.5. The van der Waals surface area contributed by atoms with E-state index in [4.69, 9.17) is 9.84 Å². The highest BCUT2D eigenvalue weighted by Gasteiger charge is 2.29. The van der Waals surface area contributed by atoms with Gasteiger partial charge in [-0.25, -0.2) is 0 Å². The van der Waals surface area contributed by atoms with Crippen molar-refractivity contribution in [2.24, 2.45) is 0 Å². The molecule has 5 heteroatoms. The van der Waals surface area contributed by atoms with Crippen LogP contribution in [0, 0.1) is 13.8 Å². The summed E-state index contributed by atoms with van der Waals surface area (Å²) in [5.41, 5.74) is 2.95. The molecule has 0 spiro atoms. The minimum Gasteiger partial charge on any atom is -0.481 e. The average Bonchev–Trinajstić information content (AvgIpc) is 2.96. The molecule has 1 aliphatic heterocycles. The molecule has 0 saturated carbocycles. The number of carboxylic acids is 1. The van der Waals surface area contributed by atoms with Crippen LogP contribution in [-0.4, -0.2) is 36.2 Å². The third kappa shape index (κ3) is 3.82. The zero-order valence-electron chi connectivity index (χ0n) is 12.5. The SMILES string of the molecule is Cc1ccc(N(CCC(=O)O)C(=O)C2CCCO2)cc1C. The number of aryl methyl sites for hydroxylation is 2. The smallest absolute Gasteiger partial charge is 0.305 e. The molecule has 1 unspecified atom stereocenters. The molecule has 21 heavy (non-hydrogen) atoms. The molecule has 5 nitrogen and oxygen atoms in total. The molecular formula is C16H21NO4. The topological polar surface area (TPSA) is 66.8 Å². The Balaban J connectivity index is 2.23. The van der Waals surface area contributed by atoms with Crippen LogP contribution in [0.5, 0.6) is 0 Å². The zero-order chi connectivity index (χ0) is 15.4. The molecule has 1 aromatic rings. The molecule has 0 aromatic heterocycles. The maximum absolute atomic E-state index is 12.6. The molecule has 1 atom stereocenters. The fourth-order valence-corrected chi connectivity index (χ4v) is 2.41. The molecule has 114 valence electrons. The summed E-state index contributed by atoms with van der Waals surface area (Å²) in [6.07, 6.45) is 1.05. The van der Waals surface area contributed by atoms with Crippen molar-refractivity contribution < 1.29 is 19.4 Å². The maximum Gasteiger partial charge on any atom is 0.305 e. The number of amides is 1. The molecule has 1 amide bonds. The zero-order valence-corrected chi connectivity index (χ0v) is 12.5. The number of hydrogen-bond donors (Lipinski definition) is 1. The van der Waals surface area contributed by atoms with E-state index in [0.717, 1.165) is 23.2 Å². The van der Waals surface area contributed by atoms with Crippen molar-refractivity contribution in [3.63, 3.8) is 0 Å². The van der Waals surface area contributed by atoms with E-state index < -0.39 is 12.1 Å². The van der Waals surface area contributed by atoms with Gasteiger partial charge in [0.25, 0.3) is 5.91 Å². The highest BCUT2D eigenvalue weighted by molar-refractivity contribution is 5.97. The first-order valence-electron chi connectivity index (χ1n) is 7.21. The van der Waals surface area contributed by atoms with E-state index >= 15 is 0 Å². The van der Waals surface area contributed by atoms with Crippen molar-refractivity contribution in [2.75, 3.05) is 18.1 Å². The Morgan fingerprint density at radius 3 is 2.67 bits per heavy atom. The molecule has 0 aliphatic carbocycles.